The zero-order valence-corrected chi connectivity index (χ0v) is 14.4. The molecule has 1 heterocycles. The normalized spacial score (nSPS) is 15.0. The van der Waals surface area contributed by atoms with Gasteiger partial charge in [0.15, 0.2) is 0 Å². The quantitative estimate of drug-likeness (QED) is 0.842. The topological polar surface area (TPSA) is 57.4 Å². The van der Waals surface area contributed by atoms with Gasteiger partial charge in [-0.3, -0.25) is 4.99 Å². The van der Waals surface area contributed by atoms with Gasteiger partial charge >= 0.3 is 0 Å². The molecule has 4 nitrogen and oxygen atoms in total. The van der Waals surface area contributed by atoms with Gasteiger partial charge in [0.25, 0.3) is 0 Å². The summed E-state index contributed by atoms with van der Waals surface area (Å²) in [6, 6.07) is 15.7. The van der Waals surface area contributed by atoms with Crippen LogP contribution in [0, 0.1) is 11.3 Å². The number of rotatable bonds is 4. The van der Waals surface area contributed by atoms with E-state index in [-0.39, 0.29) is 5.25 Å². The molecule has 0 fully saturated rings. The van der Waals surface area contributed by atoms with Gasteiger partial charge in [0.2, 0.25) is 0 Å². The van der Waals surface area contributed by atoms with E-state index in [1.54, 1.807) is 13.2 Å². The number of ether oxygens (including phenoxy) is 1. The fraction of sp³-hybridized carbons (Fsp3) is 0.263. The van der Waals surface area contributed by atoms with Crippen molar-refractivity contribution in [1.82, 2.24) is 5.32 Å². The third kappa shape index (κ3) is 3.24. The van der Waals surface area contributed by atoms with Crippen LogP contribution in [0.15, 0.2) is 47.5 Å². The molecule has 1 N–H and O–H groups in total. The van der Waals surface area contributed by atoms with E-state index in [0.29, 0.717) is 5.56 Å². The molecule has 1 aliphatic rings. The lowest BCUT2D eigenvalue weighted by atomic mass is 9.96. The van der Waals surface area contributed by atoms with E-state index in [1.807, 2.05) is 30.3 Å². The van der Waals surface area contributed by atoms with E-state index in [4.69, 9.17) is 17.4 Å². The van der Waals surface area contributed by atoms with Gasteiger partial charge in [0, 0.05) is 24.2 Å². The maximum absolute atomic E-state index is 9.19. The van der Waals surface area contributed by atoms with Gasteiger partial charge in [0.05, 0.1) is 24.0 Å². The molecule has 1 unspecified atom stereocenters. The van der Waals surface area contributed by atoms with Crippen molar-refractivity contribution < 1.29 is 4.74 Å². The van der Waals surface area contributed by atoms with Crippen LogP contribution in [0.3, 0.4) is 0 Å². The van der Waals surface area contributed by atoms with Gasteiger partial charge in [0.1, 0.15) is 11.6 Å². The number of nitrogens with one attached hydrogen (secondary N) is 1. The summed E-state index contributed by atoms with van der Waals surface area (Å²) in [4.78, 5) is 4.60. The van der Waals surface area contributed by atoms with Gasteiger partial charge in [-0.15, -0.1) is 0 Å². The number of nitrogens with zero attached hydrogens (tertiary/aromatic N) is 2. The Morgan fingerprint density at radius 2 is 2.08 bits per heavy atom. The lowest BCUT2D eigenvalue weighted by molar-refractivity contribution is 0.410. The molecule has 1 atom stereocenters. The molecule has 0 aromatic heterocycles. The van der Waals surface area contributed by atoms with Crippen LogP contribution in [0.2, 0.25) is 0 Å². The molecule has 5 heteroatoms. The minimum absolute atomic E-state index is 0.212. The maximum Gasteiger partial charge on any atom is 0.128 e. The molecular weight excluding hydrogens is 318 g/mol. The van der Waals surface area contributed by atoms with E-state index >= 15 is 0 Å². The highest BCUT2D eigenvalue weighted by molar-refractivity contribution is 7.80. The first-order chi connectivity index (χ1) is 11.7. The molecule has 2 aromatic rings. The minimum Gasteiger partial charge on any atom is -0.496 e. The monoisotopic (exact) mass is 337 g/mol. The smallest absolute Gasteiger partial charge is 0.128 e. The fourth-order valence-corrected chi connectivity index (χ4v) is 3.28. The molecule has 0 saturated heterocycles. The number of thiol groups is 1. The van der Waals surface area contributed by atoms with Crippen LogP contribution in [-0.2, 0) is 0 Å². The highest BCUT2D eigenvalue weighted by atomic mass is 32.1. The zero-order valence-electron chi connectivity index (χ0n) is 13.5. The first-order valence-electron chi connectivity index (χ1n) is 7.88. The molecule has 0 radical (unpaired) electrons. The maximum atomic E-state index is 9.19. The van der Waals surface area contributed by atoms with E-state index in [2.05, 4.69) is 22.4 Å². The Kier molecular flexibility index (Phi) is 5.07. The summed E-state index contributed by atoms with van der Waals surface area (Å²) in [5, 5.41) is 12.3. The number of amidine groups is 1. The molecule has 24 heavy (non-hydrogen) atoms. The van der Waals surface area contributed by atoms with Gasteiger partial charge in [-0.25, -0.2) is 0 Å². The number of hydrogen-bond donors (Lipinski definition) is 2. The molecule has 0 amide bonds. The summed E-state index contributed by atoms with van der Waals surface area (Å²) in [7, 11) is 1.63. The first-order valence-corrected chi connectivity index (χ1v) is 8.40. The van der Waals surface area contributed by atoms with Crippen molar-refractivity contribution in [3.8, 4) is 11.8 Å². The van der Waals surface area contributed by atoms with Crippen molar-refractivity contribution in [1.29, 1.82) is 5.26 Å². The van der Waals surface area contributed by atoms with Crippen LogP contribution in [-0.4, -0.2) is 26.0 Å². The van der Waals surface area contributed by atoms with E-state index in [0.717, 1.165) is 47.8 Å². The van der Waals surface area contributed by atoms with Crippen molar-refractivity contribution in [2.24, 2.45) is 4.99 Å². The molecule has 0 saturated carbocycles. The summed E-state index contributed by atoms with van der Waals surface area (Å²) in [5.41, 5.74) is 3.56. The van der Waals surface area contributed by atoms with Crippen molar-refractivity contribution >= 4 is 18.5 Å². The second kappa shape index (κ2) is 7.41. The second-order valence-corrected chi connectivity index (χ2v) is 6.09. The third-order valence-electron chi connectivity index (χ3n) is 4.06. The average molecular weight is 337 g/mol. The standard InChI is InChI=1S/C19H19N3OS/c1-23-17-8-7-13(12-20)11-16(17)18(24)14-5-2-3-6-15(14)19-21-9-4-10-22-19/h2-3,5-8,11,18,24H,4,9-10H2,1H3,(H,21,22). The Hall–Kier alpha value is -2.45. The van der Waals surface area contributed by atoms with E-state index < -0.39 is 0 Å². The zero-order chi connectivity index (χ0) is 16.9. The highest BCUT2D eigenvalue weighted by Gasteiger charge is 2.20. The SMILES string of the molecule is COc1ccc(C#N)cc1C(S)c1ccccc1C1=NCCCN1. The summed E-state index contributed by atoms with van der Waals surface area (Å²) < 4.78 is 5.47. The van der Waals surface area contributed by atoms with Crippen molar-refractivity contribution in [3.05, 3.63) is 64.7 Å². The summed E-state index contributed by atoms with van der Waals surface area (Å²) in [5.74, 6) is 1.63. The second-order valence-electron chi connectivity index (χ2n) is 5.57. The predicted molar refractivity (Wildman–Crippen MR) is 99.0 cm³/mol. The first kappa shape index (κ1) is 16.4. The van der Waals surface area contributed by atoms with Crippen LogP contribution in [0.5, 0.6) is 5.75 Å². The summed E-state index contributed by atoms with van der Waals surface area (Å²) in [6.07, 6.45) is 1.05. The van der Waals surface area contributed by atoms with Crippen LogP contribution in [0.4, 0.5) is 0 Å². The molecule has 2 aromatic carbocycles. The summed E-state index contributed by atoms with van der Waals surface area (Å²) in [6.45, 7) is 1.76. The molecule has 3 rings (SSSR count). The Bertz CT molecular complexity index is 810. The van der Waals surface area contributed by atoms with Gasteiger partial charge in [-0.2, -0.15) is 17.9 Å². The summed E-state index contributed by atoms with van der Waals surface area (Å²) >= 11 is 4.84. The van der Waals surface area contributed by atoms with Crippen LogP contribution < -0.4 is 10.1 Å². The minimum atomic E-state index is -0.212. The number of hydrogen-bond acceptors (Lipinski definition) is 5. The van der Waals surface area contributed by atoms with Crippen LogP contribution >= 0.6 is 12.6 Å². The van der Waals surface area contributed by atoms with Crippen LogP contribution in [0.25, 0.3) is 0 Å². The molecule has 0 bridgehead atoms. The van der Waals surface area contributed by atoms with E-state index in [9.17, 15) is 5.26 Å². The average Bonchev–Trinajstić information content (AvgIpc) is 2.67. The van der Waals surface area contributed by atoms with Crippen LogP contribution in [0.1, 0.15) is 33.9 Å². The lowest BCUT2D eigenvalue weighted by Crippen LogP contribution is -2.31. The number of nitriles is 1. The molecule has 0 aliphatic carbocycles. The molecule has 0 spiro atoms. The Morgan fingerprint density at radius 1 is 1.25 bits per heavy atom. The third-order valence-corrected chi connectivity index (χ3v) is 4.62. The lowest BCUT2D eigenvalue weighted by Gasteiger charge is -2.22. The predicted octanol–water partition coefficient (Wildman–Crippen LogP) is 3.33. The Morgan fingerprint density at radius 3 is 2.79 bits per heavy atom. The molecule has 122 valence electrons. The van der Waals surface area contributed by atoms with Crippen molar-refractivity contribution in [2.45, 2.75) is 11.7 Å². The largest absolute Gasteiger partial charge is 0.496 e. The van der Waals surface area contributed by atoms with Gasteiger partial charge in [-0.05, 0) is 30.2 Å². The number of benzene rings is 2. The molecular formula is C19H19N3OS. The van der Waals surface area contributed by atoms with Crippen molar-refractivity contribution in [3.63, 3.8) is 0 Å². The van der Waals surface area contributed by atoms with Gasteiger partial charge < -0.3 is 10.1 Å². The fourth-order valence-electron chi connectivity index (χ4n) is 2.85. The number of methoxy groups -OCH3 is 1. The molecule has 1 aliphatic heterocycles. The highest BCUT2D eigenvalue weighted by Crippen LogP contribution is 2.37. The Labute approximate surface area is 147 Å². The van der Waals surface area contributed by atoms with E-state index in [1.165, 1.54) is 0 Å². The Balaban J connectivity index is 2.07. The van der Waals surface area contributed by atoms with Crippen molar-refractivity contribution in [2.75, 3.05) is 20.2 Å². The number of aliphatic imine (C=N–C) groups is 1. The van der Waals surface area contributed by atoms with Gasteiger partial charge in [-0.1, -0.05) is 24.3 Å².